The maximum Gasteiger partial charge on any atom is 0.204 e. The SMILES string of the molecule is CC(C)(N)CC(c1ccc(OC(OC2CC3CCC2C2CCCC32)C(C)(C)C)cc1)C(C)(C)C. The molecule has 3 nitrogen and oxygen atoms in total. The Labute approximate surface area is 209 Å². The molecule has 2 N–H and O–H groups in total. The average Bonchev–Trinajstić information content (AvgIpc) is 3.22. The minimum Gasteiger partial charge on any atom is -0.464 e. The Hall–Kier alpha value is -1.06. The summed E-state index contributed by atoms with van der Waals surface area (Å²) < 4.78 is 13.4. The van der Waals surface area contributed by atoms with E-state index >= 15 is 0 Å². The highest BCUT2D eigenvalue weighted by atomic mass is 16.7. The van der Waals surface area contributed by atoms with Crippen LogP contribution in [0.1, 0.15) is 112 Å². The van der Waals surface area contributed by atoms with Crippen LogP contribution >= 0.6 is 0 Å². The van der Waals surface area contributed by atoms with Gasteiger partial charge in [0.2, 0.25) is 6.29 Å². The summed E-state index contributed by atoms with van der Waals surface area (Å²) in [5.74, 6) is 4.80. The lowest BCUT2D eigenvalue weighted by molar-refractivity contribution is -0.215. The molecule has 1 aromatic rings. The van der Waals surface area contributed by atoms with E-state index in [0.29, 0.717) is 12.0 Å². The summed E-state index contributed by atoms with van der Waals surface area (Å²) in [4.78, 5) is 0. The van der Waals surface area contributed by atoms with E-state index < -0.39 is 0 Å². The molecule has 0 aromatic heterocycles. The minimum absolute atomic E-state index is 0.0814. The summed E-state index contributed by atoms with van der Waals surface area (Å²) >= 11 is 0. The van der Waals surface area contributed by atoms with Crippen molar-refractivity contribution in [3.05, 3.63) is 29.8 Å². The van der Waals surface area contributed by atoms with E-state index in [1.807, 2.05) is 0 Å². The van der Waals surface area contributed by atoms with Crippen LogP contribution in [0.15, 0.2) is 24.3 Å². The van der Waals surface area contributed by atoms with Gasteiger partial charge in [0.1, 0.15) is 5.75 Å². The van der Waals surface area contributed by atoms with Crippen molar-refractivity contribution in [1.29, 1.82) is 0 Å². The zero-order chi connectivity index (χ0) is 24.9. The van der Waals surface area contributed by atoms with Crippen LogP contribution in [0.3, 0.4) is 0 Å². The number of ether oxygens (including phenoxy) is 2. The van der Waals surface area contributed by atoms with Gasteiger partial charge in [0.25, 0.3) is 0 Å². The van der Waals surface area contributed by atoms with Crippen LogP contribution in [-0.4, -0.2) is 17.9 Å². The molecule has 192 valence electrons. The number of rotatable bonds is 7. The minimum atomic E-state index is -0.232. The van der Waals surface area contributed by atoms with Gasteiger partial charge in [-0.2, -0.15) is 0 Å². The van der Waals surface area contributed by atoms with Crippen LogP contribution in [0, 0.1) is 34.5 Å². The molecule has 4 aliphatic carbocycles. The quantitative estimate of drug-likeness (QED) is 0.412. The molecule has 7 unspecified atom stereocenters. The van der Waals surface area contributed by atoms with Crippen molar-refractivity contribution in [3.8, 4) is 5.75 Å². The Morgan fingerprint density at radius 3 is 2.06 bits per heavy atom. The molecule has 5 rings (SSSR count). The highest BCUT2D eigenvalue weighted by Gasteiger charge is 2.51. The average molecular weight is 470 g/mol. The molecule has 0 spiro atoms. The van der Waals surface area contributed by atoms with E-state index in [1.165, 1.54) is 44.1 Å². The van der Waals surface area contributed by atoms with Crippen LogP contribution in [0.25, 0.3) is 0 Å². The van der Waals surface area contributed by atoms with Gasteiger partial charge in [0.15, 0.2) is 0 Å². The molecule has 4 fully saturated rings. The number of nitrogens with two attached hydrogens (primary N) is 1. The monoisotopic (exact) mass is 469 g/mol. The van der Waals surface area contributed by atoms with Gasteiger partial charge >= 0.3 is 0 Å². The molecule has 3 heteroatoms. The normalized spacial score (nSPS) is 31.3. The van der Waals surface area contributed by atoms with E-state index in [-0.39, 0.29) is 22.7 Å². The van der Waals surface area contributed by atoms with Crippen molar-refractivity contribution in [3.63, 3.8) is 0 Å². The second-order valence-corrected chi connectivity index (χ2v) is 14.7. The summed E-state index contributed by atoms with van der Waals surface area (Å²) in [6.07, 6.45) is 9.40. The van der Waals surface area contributed by atoms with Gasteiger partial charge in [-0.15, -0.1) is 0 Å². The lowest BCUT2D eigenvalue weighted by Gasteiger charge is -2.51. The Kier molecular flexibility index (Phi) is 7.22. The first-order valence-corrected chi connectivity index (χ1v) is 13.9. The summed E-state index contributed by atoms with van der Waals surface area (Å²) in [5, 5.41) is 0. The molecular weight excluding hydrogens is 418 g/mol. The van der Waals surface area contributed by atoms with Crippen molar-refractivity contribution in [1.82, 2.24) is 0 Å². The highest BCUT2D eigenvalue weighted by molar-refractivity contribution is 5.31. The molecule has 7 atom stereocenters. The van der Waals surface area contributed by atoms with Crippen molar-refractivity contribution in [2.24, 2.45) is 40.2 Å². The van der Waals surface area contributed by atoms with Gasteiger partial charge in [-0.1, -0.05) is 60.1 Å². The van der Waals surface area contributed by atoms with Gasteiger partial charge in [0, 0.05) is 11.0 Å². The fourth-order valence-electron chi connectivity index (χ4n) is 7.27. The summed E-state index contributed by atoms with van der Waals surface area (Å²) in [6, 6.07) is 8.75. The largest absolute Gasteiger partial charge is 0.464 e. The second-order valence-electron chi connectivity index (χ2n) is 14.7. The van der Waals surface area contributed by atoms with Crippen LogP contribution in [0.5, 0.6) is 5.75 Å². The Morgan fingerprint density at radius 2 is 1.47 bits per heavy atom. The fourth-order valence-corrected chi connectivity index (χ4v) is 7.27. The molecule has 4 aliphatic rings. The summed E-state index contributed by atoms with van der Waals surface area (Å²) in [5.41, 5.74) is 7.62. The molecule has 0 amide bonds. The molecule has 34 heavy (non-hydrogen) atoms. The van der Waals surface area contributed by atoms with Crippen molar-refractivity contribution >= 4 is 0 Å². The Bertz CT molecular complexity index is 810. The molecule has 1 aromatic carbocycles. The molecule has 2 bridgehead atoms. The van der Waals surface area contributed by atoms with Crippen LogP contribution in [0.2, 0.25) is 0 Å². The third-order valence-corrected chi connectivity index (χ3v) is 8.97. The first kappa shape index (κ1) is 26.0. The lowest BCUT2D eigenvalue weighted by Crippen LogP contribution is -2.50. The second kappa shape index (κ2) is 9.43. The predicted molar refractivity (Wildman–Crippen MR) is 142 cm³/mol. The molecule has 0 aliphatic heterocycles. The first-order valence-electron chi connectivity index (χ1n) is 13.9. The summed E-state index contributed by atoms with van der Waals surface area (Å²) in [6.45, 7) is 17.9. The maximum atomic E-state index is 6.86. The van der Waals surface area contributed by atoms with E-state index in [2.05, 4.69) is 79.7 Å². The molecule has 0 heterocycles. The number of fused-ring (bicyclic) bond motifs is 2. The van der Waals surface area contributed by atoms with Crippen LogP contribution in [-0.2, 0) is 4.74 Å². The van der Waals surface area contributed by atoms with E-state index in [1.54, 1.807) is 0 Å². The Balaban J connectivity index is 1.47. The van der Waals surface area contributed by atoms with Gasteiger partial charge in [-0.05, 0) is 105 Å². The fraction of sp³-hybridized carbons (Fsp3) is 0.806. The van der Waals surface area contributed by atoms with E-state index in [9.17, 15) is 0 Å². The van der Waals surface area contributed by atoms with Gasteiger partial charge in [-0.25, -0.2) is 0 Å². The van der Waals surface area contributed by atoms with Crippen LogP contribution in [0.4, 0.5) is 0 Å². The highest BCUT2D eigenvalue weighted by Crippen LogP contribution is 2.56. The van der Waals surface area contributed by atoms with Crippen LogP contribution < -0.4 is 10.5 Å². The van der Waals surface area contributed by atoms with Gasteiger partial charge < -0.3 is 15.2 Å². The molecule has 0 radical (unpaired) electrons. The standard InChI is InChI=1S/C31H51NO2/c1-29(2,3)26(19-31(7,8)32)20-12-15-22(16-13-20)33-28(30(4,5)6)34-27-18-21-14-17-25(27)24-11-9-10-23(21)24/h12-13,15-16,21,23-28H,9-11,14,17-19,32H2,1-8H3. The number of hydrogen-bond donors (Lipinski definition) is 1. The smallest absolute Gasteiger partial charge is 0.204 e. The zero-order valence-electron chi connectivity index (χ0n) is 23.2. The first-order chi connectivity index (χ1) is 15.7. The summed E-state index contributed by atoms with van der Waals surface area (Å²) in [7, 11) is 0. The van der Waals surface area contributed by atoms with Gasteiger partial charge in [0.05, 0.1) is 6.10 Å². The van der Waals surface area contributed by atoms with Crippen molar-refractivity contribution in [2.45, 2.75) is 124 Å². The molecule has 0 saturated heterocycles. The molecule has 4 saturated carbocycles. The van der Waals surface area contributed by atoms with Gasteiger partial charge in [-0.3, -0.25) is 0 Å². The van der Waals surface area contributed by atoms with Crippen molar-refractivity contribution in [2.75, 3.05) is 0 Å². The molecular formula is C31H51NO2. The Morgan fingerprint density at radius 1 is 0.824 bits per heavy atom. The van der Waals surface area contributed by atoms with E-state index in [4.69, 9.17) is 15.2 Å². The van der Waals surface area contributed by atoms with Crippen molar-refractivity contribution < 1.29 is 9.47 Å². The number of hydrogen-bond acceptors (Lipinski definition) is 3. The zero-order valence-corrected chi connectivity index (χ0v) is 23.2. The predicted octanol–water partition coefficient (Wildman–Crippen LogP) is 7.93. The number of benzene rings is 1. The third kappa shape index (κ3) is 5.84. The third-order valence-electron chi connectivity index (χ3n) is 8.97. The lowest BCUT2D eigenvalue weighted by atomic mass is 9.58. The topological polar surface area (TPSA) is 44.5 Å². The maximum absolute atomic E-state index is 6.86. The van der Waals surface area contributed by atoms with E-state index in [0.717, 1.165) is 35.8 Å².